The molecule has 1 N–H and O–H groups in total. The highest BCUT2D eigenvalue weighted by Gasteiger charge is 2.29. The molecule has 7 heteroatoms. The van der Waals surface area contributed by atoms with Crippen molar-refractivity contribution >= 4 is 21.6 Å². The first kappa shape index (κ1) is 18.1. The maximum atomic E-state index is 12.2. The minimum atomic E-state index is -3.24. The molecule has 142 valence electrons. The maximum absolute atomic E-state index is 12.2. The zero-order chi connectivity index (χ0) is 19.0. The van der Waals surface area contributed by atoms with Crippen molar-refractivity contribution in [2.45, 2.75) is 39.2 Å². The lowest BCUT2D eigenvalue weighted by Crippen LogP contribution is -2.39. The van der Waals surface area contributed by atoms with Crippen molar-refractivity contribution in [2.75, 3.05) is 17.2 Å². The van der Waals surface area contributed by atoms with E-state index in [0.29, 0.717) is 6.42 Å². The number of aromatic nitrogens is 1. The molecule has 0 saturated heterocycles. The van der Waals surface area contributed by atoms with Crippen molar-refractivity contribution in [3.63, 3.8) is 0 Å². The first-order valence-corrected chi connectivity index (χ1v) is 11.0. The fraction of sp³-hybridized carbons (Fsp3) is 0.400. The summed E-state index contributed by atoms with van der Waals surface area (Å²) in [5, 5.41) is 0. The second-order valence-corrected chi connectivity index (χ2v) is 9.19. The smallest absolute Gasteiger partial charge is 0.227 e. The van der Waals surface area contributed by atoms with Gasteiger partial charge in [-0.15, -0.1) is 0 Å². The molecule has 2 aliphatic heterocycles. The van der Waals surface area contributed by atoms with E-state index in [1.165, 1.54) is 11.1 Å². The van der Waals surface area contributed by atoms with Gasteiger partial charge < -0.3 is 4.90 Å². The quantitative estimate of drug-likeness (QED) is 0.857. The Kier molecular flexibility index (Phi) is 4.74. The third kappa shape index (κ3) is 3.61. The first-order chi connectivity index (χ1) is 13.0. The number of amides is 1. The molecule has 0 saturated carbocycles. The molecule has 0 bridgehead atoms. The van der Waals surface area contributed by atoms with Crippen LogP contribution in [0.5, 0.6) is 0 Å². The molecule has 4 rings (SSSR count). The SMILES string of the molecule is CCS(=O)(=O)NCc1cncc(-c2cc3c4c(c2)CCC(=O)N4CCC3)c1. The summed E-state index contributed by atoms with van der Waals surface area (Å²) in [6.07, 6.45) is 6.79. The Bertz CT molecular complexity index is 984. The summed E-state index contributed by atoms with van der Waals surface area (Å²) in [7, 11) is -3.24. The molecule has 0 spiro atoms. The monoisotopic (exact) mass is 385 g/mol. The number of rotatable bonds is 5. The largest absolute Gasteiger partial charge is 0.312 e. The average molecular weight is 385 g/mol. The number of carbonyl (C=O) groups excluding carboxylic acids is 1. The van der Waals surface area contributed by atoms with E-state index in [2.05, 4.69) is 21.8 Å². The topological polar surface area (TPSA) is 79.4 Å². The number of pyridine rings is 1. The number of hydrogen-bond acceptors (Lipinski definition) is 4. The van der Waals surface area contributed by atoms with Gasteiger partial charge in [0.15, 0.2) is 0 Å². The Morgan fingerprint density at radius 1 is 1.07 bits per heavy atom. The highest BCUT2D eigenvalue weighted by atomic mass is 32.2. The van der Waals surface area contributed by atoms with Gasteiger partial charge >= 0.3 is 0 Å². The minimum Gasteiger partial charge on any atom is -0.312 e. The van der Waals surface area contributed by atoms with E-state index in [-0.39, 0.29) is 18.2 Å². The van der Waals surface area contributed by atoms with Crippen molar-refractivity contribution < 1.29 is 13.2 Å². The van der Waals surface area contributed by atoms with Crippen LogP contribution in [-0.4, -0.2) is 31.6 Å². The van der Waals surface area contributed by atoms with E-state index in [4.69, 9.17) is 0 Å². The van der Waals surface area contributed by atoms with Crippen LogP contribution >= 0.6 is 0 Å². The molecule has 2 aromatic rings. The fourth-order valence-electron chi connectivity index (χ4n) is 3.86. The van der Waals surface area contributed by atoms with Crippen molar-refractivity contribution in [1.82, 2.24) is 9.71 Å². The van der Waals surface area contributed by atoms with E-state index < -0.39 is 10.0 Å². The summed E-state index contributed by atoms with van der Waals surface area (Å²) < 4.78 is 25.9. The van der Waals surface area contributed by atoms with E-state index in [9.17, 15) is 13.2 Å². The van der Waals surface area contributed by atoms with Crippen LogP contribution in [0.25, 0.3) is 11.1 Å². The molecule has 0 fully saturated rings. The van der Waals surface area contributed by atoms with Crippen molar-refractivity contribution in [3.8, 4) is 11.1 Å². The molecule has 1 amide bonds. The average Bonchev–Trinajstić information content (AvgIpc) is 2.69. The lowest BCUT2D eigenvalue weighted by molar-refractivity contribution is -0.119. The predicted octanol–water partition coefficient (Wildman–Crippen LogP) is 2.41. The highest BCUT2D eigenvalue weighted by Crippen LogP contribution is 2.38. The summed E-state index contributed by atoms with van der Waals surface area (Å²) in [6, 6.07) is 6.29. The van der Waals surface area contributed by atoms with Gasteiger partial charge in [0, 0.05) is 37.5 Å². The molecule has 0 aliphatic carbocycles. The lowest BCUT2D eigenvalue weighted by Gasteiger charge is -2.35. The zero-order valence-corrected chi connectivity index (χ0v) is 16.2. The molecule has 0 radical (unpaired) electrons. The molecular weight excluding hydrogens is 362 g/mol. The molecule has 2 aliphatic rings. The molecule has 6 nitrogen and oxygen atoms in total. The van der Waals surface area contributed by atoms with E-state index in [1.54, 1.807) is 19.3 Å². The Labute approximate surface area is 159 Å². The number of nitrogens with zero attached hydrogens (tertiary/aromatic N) is 2. The van der Waals surface area contributed by atoms with Crippen LogP contribution in [0.3, 0.4) is 0 Å². The Morgan fingerprint density at radius 3 is 2.63 bits per heavy atom. The minimum absolute atomic E-state index is 0.0590. The summed E-state index contributed by atoms with van der Waals surface area (Å²) in [5.41, 5.74) is 6.43. The summed E-state index contributed by atoms with van der Waals surface area (Å²) >= 11 is 0. The molecule has 3 heterocycles. The maximum Gasteiger partial charge on any atom is 0.227 e. The zero-order valence-electron chi connectivity index (χ0n) is 15.4. The standard InChI is InChI=1S/C20H23N3O3S/c1-2-27(25,26)22-12-14-8-18(13-21-11-14)17-9-15-4-3-7-23-19(24)6-5-16(10-17)20(15)23/h8-11,13,22H,2-7,12H2,1H3. The van der Waals surface area contributed by atoms with Crippen LogP contribution in [0.4, 0.5) is 5.69 Å². The van der Waals surface area contributed by atoms with Crippen LogP contribution in [0, 0.1) is 0 Å². The van der Waals surface area contributed by atoms with Gasteiger partial charge in [-0.05, 0) is 66.6 Å². The number of sulfonamides is 1. The normalized spacial score (nSPS) is 16.3. The molecule has 1 aromatic carbocycles. The Morgan fingerprint density at radius 2 is 1.85 bits per heavy atom. The molecule has 0 unspecified atom stereocenters. The van der Waals surface area contributed by atoms with E-state index >= 15 is 0 Å². The molecule has 1 aromatic heterocycles. The number of aryl methyl sites for hydroxylation is 2. The number of nitrogens with one attached hydrogen (secondary N) is 1. The van der Waals surface area contributed by atoms with Crippen LogP contribution < -0.4 is 9.62 Å². The predicted molar refractivity (Wildman–Crippen MR) is 105 cm³/mol. The van der Waals surface area contributed by atoms with Crippen LogP contribution in [0.1, 0.15) is 36.5 Å². The van der Waals surface area contributed by atoms with Gasteiger partial charge in [-0.1, -0.05) is 0 Å². The molecule has 27 heavy (non-hydrogen) atoms. The van der Waals surface area contributed by atoms with Crippen LogP contribution in [-0.2, 0) is 34.2 Å². The van der Waals surface area contributed by atoms with Crippen molar-refractivity contribution in [1.29, 1.82) is 0 Å². The lowest BCUT2D eigenvalue weighted by atomic mass is 9.88. The van der Waals surface area contributed by atoms with E-state index in [1.807, 2.05) is 11.0 Å². The van der Waals surface area contributed by atoms with Gasteiger partial charge in [-0.2, -0.15) is 0 Å². The van der Waals surface area contributed by atoms with Gasteiger partial charge in [-0.3, -0.25) is 9.78 Å². The Hall–Kier alpha value is -2.25. The Balaban J connectivity index is 1.67. The van der Waals surface area contributed by atoms with Gasteiger partial charge in [0.25, 0.3) is 0 Å². The van der Waals surface area contributed by atoms with Gasteiger partial charge in [0.2, 0.25) is 15.9 Å². The number of hydrogen-bond donors (Lipinski definition) is 1. The third-order valence-electron chi connectivity index (χ3n) is 5.28. The summed E-state index contributed by atoms with van der Waals surface area (Å²) in [4.78, 5) is 18.4. The van der Waals surface area contributed by atoms with Gasteiger partial charge in [-0.25, -0.2) is 13.1 Å². The molecule has 0 atom stereocenters. The summed E-state index contributed by atoms with van der Waals surface area (Å²) in [5.74, 6) is 0.284. The number of anilines is 1. The number of carbonyl (C=O) groups is 1. The third-order valence-corrected chi connectivity index (χ3v) is 6.62. The van der Waals surface area contributed by atoms with E-state index in [0.717, 1.165) is 48.2 Å². The van der Waals surface area contributed by atoms with Crippen LogP contribution in [0.15, 0.2) is 30.6 Å². The molecular formula is C20H23N3O3S. The van der Waals surface area contributed by atoms with Gasteiger partial charge in [0.1, 0.15) is 0 Å². The highest BCUT2D eigenvalue weighted by molar-refractivity contribution is 7.89. The van der Waals surface area contributed by atoms with Crippen molar-refractivity contribution in [2.24, 2.45) is 0 Å². The summed E-state index contributed by atoms with van der Waals surface area (Å²) in [6.45, 7) is 2.66. The second-order valence-electron chi connectivity index (χ2n) is 7.10. The fourth-order valence-corrected chi connectivity index (χ4v) is 4.45. The first-order valence-electron chi connectivity index (χ1n) is 9.34. The van der Waals surface area contributed by atoms with Crippen LogP contribution in [0.2, 0.25) is 0 Å². The van der Waals surface area contributed by atoms with Crippen molar-refractivity contribution in [3.05, 3.63) is 47.3 Å². The number of benzene rings is 1. The second kappa shape index (κ2) is 7.05. The van der Waals surface area contributed by atoms with Gasteiger partial charge in [0.05, 0.1) is 11.4 Å².